The van der Waals surface area contributed by atoms with Crippen molar-refractivity contribution >= 4 is 21.8 Å². The maximum Gasteiger partial charge on any atom is 0.229 e. The van der Waals surface area contributed by atoms with Crippen LogP contribution < -0.4 is 10.1 Å². The van der Waals surface area contributed by atoms with E-state index in [0.717, 1.165) is 31.2 Å². The van der Waals surface area contributed by atoms with Crippen molar-refractivity contribution in [2.24, 2.45) is 5.41 Å². The molecule has 1 spiro atoms. The zero-order chi connectivity index (χ0) is 13.6. The van der Waals surface area contributed by atoms with Crippen LogP contribution in [0, 0.1) is 11.2 Å². The number of carbonyl (C=O) groups is 1. The van der Waals surface area contributed by atoms with Gasteiger partial charge in [0.15, 0.2) is 0 Å². The van der Waals surface area contributed by atoms with E-state index in [4.69, 9.17) is 4.74 Å². The monoisotopic (exact) mass is 327 g/mol. The van der Waals surface area contributed by atoms with Gasteiger partial charge in [-0.2, -0.15) is 0 Å². The Morgan fingerprint density at radius 3 is 2.68 bits per heavy atom. The Morgan fingerprint density at radius 2 is 2.11 bits per heavy atom. The predicted molar refractivity (Wildman–Crippen MR) is 72.4 cm³/mol. The molecule has 1 saturated carbocycles. The summed E-state index contributed by atoms with van der Waals surface area (Å²) in [6.45, 7) is 0. The number of ether oxygens (including phenoxy) is 1. The summed E-state index contributed by atoms with van der Waals surface area (Å²) in [6.07, 6.45) is 3.88. The number of halogens is 2. The summed E-state index contributed by atoms with van der Waals surface area (Å²) in [4.78, 5) is 11.9. The first-order valence-electron chi connectivity index (χ1n) is 6.42. The molecule has 1 aliphatic carbocycles. The molecular weight excluding hydrogens is 313 g/mol. The molecule has 1 heterocycles. The van der Waals surface area contributed by atoms with E-state index in [1.165, 1.54) is 6.07 Å². The summed E-state index contributed by atoms with van der Waals surface area (Å²) >= 11 is 3.15. The Bertz CT molecular complexity index is 540. The van der Waals surface area contributed by atoms with E-state index in [0.29, 0.717) is 10.2 Å². The molecule has 1 aromatic rings. The number of β-lactam (4-membered cyclic amide) rings is 1. The second kappa shape index (κ2) is 4.47. The van der Waals surface area contributed by atoms with Crippen LogP contribution in [0.15, 0.2) is 16.6 Å². The number of hydrogen-bond acceptors (Lipinski definition) is 2. The molecule has 0 aromatic heterocycles. The number of methoxy groups -OCH3 is 1. The molecule has 1 amide bonds. The smallest absolute Gasteiger partial charge is 0.229 e. The van der Waals surface area contributed by atoms with Crippen molar-refractivity contribution in [1.29, 1.82) is 0 Å². The van der Waals surface area contributed by atoms with Crippen LogP contribution >= 0.6 is 15.9 Å². The predicted octanol–water partition coefficient (Wildman–Crippen LogP) is 3.33. The largest absolute Gasteiger partial charge is 0.496 e. The highest BCUT2D eigenvalue weighted by Gasteiger charge is 2.57. The van der Waals surface area contributed by atoms with Gasteiger partial charge >= 0.3 is 0 Å². The van der Waals surface area contributed by atoms with Gasteiger partial charge in [-0.05, 0) is 40.9 Å². The number of amides is 1. The first-order valence-corrected chi connectivity index (χ1v) is 7.22. The van der Waals surface area contributed by atoms with E-state index >= 15 is 0 Å². The SMILES string of the molecule is COc1cc(Br)c(F)cc1[C@@H]1NC(=O)C12CCCC2. The highest BCUT2D eigenvalue weighted by molar-refractivity contribution is 9.10. The van der Waals surface area contributed by atoms with Gasteiger partial charge in [-0.15, -0.1) is 0 Å². The molecule has 1 aliphatic heterocycles. The first-order chi connectivity index (χ1) is 9.08. The molecule has 1 atom stereocenters. The number of rotatable bonds is 2. The number of carbonyl (C=O) groups excluding carboxylic acids is 1. The van der Waals surface area contributed by atoms with E-state index < -0.39 is 0 Å². The van der Waals surface area contributed by atoms with Gasteiger partial charge < -0.3 is 10.1 Å². The summed E-state index contributed by atoms with van der Waals surface area (Å²) < 4.78 is 19.5. The minimum absolute atomic E-state index is 0.0976. The van der Waals surface area contributed by atoms with Crippen molar-refractivity contribution in [2.75, 3.05) is 7.11 Å². The van der Waals surface area contributed by atoms with Crippen LogP contribution in [0.1, 0.15) is 37.3 Å². The molecule has 0 radical (unpaired) electrons. The highest BCUT2D eigenvalue weighted by Crippen LogP contribution is 2.55. The van der Waals surface area contributed by atoms with Crippen LogP contribution in [0.5, 0.6) is 5.75 Å². The molecule has 0 bridgehead atoms. The normalized spacial score (nSPS) is 24.2. The summed E-state index contributed by atoms with van der Waals surface area (Å²) in [5, 5.41) is 2.91. The van der Waals surface area contributed by atoms with Gasteiger partial charge in [0.1, 0.15) is 11.6 Å². The second-order valence-electron chi connectivity index (χ2n) is 5.28. The van der Waals surface area contributed by atoms with Crippen molar-refractivity contribution in [3.8, 4) is 5.75 Å². The van der Waals surface area contributed by atoms with E-state index in [-0.39, 0.29) is 23.2 Å². The van der Waals surface area contributed by atoms with Crippen molar-refractivity contribution in [2.45, 2.75) is 31.7 Å². The Morgan fingerprint density at radius 1 is 1.42 bits per heavy atom. The summed E-state index contributed by atoms with van der Waals surface area (Å²) in [5.41, 5.74) is 0.401. The van der Waals surface area contributed by atoms with Crippen molar-refractivity contribution < 1.29 is 13.9 Å². The zero-order valence-electron chi connectivity index (χ0n) is 10.6. The lowest BCUT2D eigenvalue weighted by molar-refractivity contribution is -0.146. The van der Waals surface area contributed by atoms with Crippen LogP contribution in [0.3, 0.4) is 0 Å². The van der Waals surface area contributed by atoms with Crippen LogP contribution in [-0.4, -0.2) is 13.0 Å². The molecule has 2 aliphatic rings. The average molecular weight is 328 g/mol. The third kappa shape index (κ3) is 1.78. The second-order valence-corrected chi connectivity index (χ2v) is 6.13. The number of benzene rings is 1. The van der Waals surface area contributed by atoms with Crippen LogP contribution in [0.4, 0.5) is 4.39 Å². The van der Waals surface area contributed by atoms with Crippen molar-refractivity contribution in [3.05, 3.63) is 28.0 Å². The summed E-state index contributed by atoms with van der Waals surface area (Å²) in [6, 6.07) is 2.96. The van der Waals surface area contributed by atoms with Gasteiger partial charge in [-0.25, -0.2) is 4.39 Å². The highest BCUT2D eigenvalue weighted by atomic mass is 79.9. The molecule has 102 valence electrons. The van der Waals surface area contributed by atoms with Crippen LogP contribution in [0.25, 0.3) is 0 Å². The fourth-order valence-corrected chi connectivity index (χ4v) is 3.63. The van der Waals surface area contributed by atoms with Gasteiger partial charge in [-0.3, -0.25) is 4.79 Å². The molecule has 19 heavy (non-hydrogen) atoms. The fourth-order valence-electron chi connectivity index (χ4n) is 3.31. The summed E-state index contributed by atoms with van der Waals surface area (Å²) in [5.74, 6) is 0.384. The molecule has 1 N–H and O–H groups in total. The quantitative estimate of drug-likeness (QED) is 0.846. The minimum atomic E-state index is -0.340. The summed E-state index contributed by atoms with van der Waals surface area (Å²) in [7, 11) is 1.56. The fraction of sp³-hybridized carbons (Fsp3) is 0.500. The van der Waals surface area contributed by atoms with E-state index in [2.05, 4.69) is 21.2 Å². The average Bonchev–Trinajstić information content (AvgIpc) is 2.91. The van der Waals surface area contributed by atoms with Crippen LogP contribution in [0.2, 0.25) is 0 Å². The molecule has 3 nitrogen and oxygen atoms in total. The molecule has 3 rings (SSSR count). The lowest BCUT2D eigenvalue weighted by Crippen LogP contribution is -2.59. The molecule has 1 saturated heterocycles. The van der Waals surface area contributed by atoms with Crippen LogP contribution in [-0.2, 0) is 4.79 Å². The molecule has 0 unspecified atom stereocenters. The minimum Gasteiger partial charge on any atom is -0.496 e. The van der Waals surface area contributed by atoms with Gasteiger partial charge in [0.2, 0.25) is 5.91 Å². The van der Waals surface area contributed by atoms with Crippen molar-refractivity contribution in [3.63, 3.8) is 0 Å². The standard InChI is InChI=1S/C14H15BrFNO2/c1-19-11-7-9(15)10(16)6-8(11)12-14(13(18)17-12)4-2-3-5-14/h6-7,12H,2-5H2,1H3,(H,17,18)/t12-/m0/s1. The molecular formula is C14H15BrFNO2. The maximum absolute atomic E-state index is 13.8. The van der Waals surface area contributed by atoms with E-state index in [1.54, 1.807) is 13.2 Å². The van der Waals surface area contributed by atoms with Gasteiger partial charge in [0, 0.05) is 5.56 Å². The number of hydrogen-bond donors (Lipinski definition) is 1. The Balaban J connectivity index is 2.03. The third-order valence-corrected chi connectivity index (χ3v) is 4.97. The van der Waals surface area contributed by atoms with Gasteiger partial charge in [0.05, 0.1) is 23.0 Å². The Labute approximate surface area is 119 Å². The number of nitrogens with one attached hydrogen (secondary N) is 1. The van der Waals surface area contributed by atoms with Gasteiger partial charge in [0.25, 0.3) is 0 Å². The lowest BCUT2D eigenvalue weighted by Gasteiger charge is -2.47. The van der Waals surface area contributed by atoms with E-state index in [9.17, 15) is 9.18 Å². The first kappa shape index (κ1) is 12.9. The van der Waals surface area contributed by atoms with Gasteiger partial charge in [-0.1, -0.05) is 12.8 Å². The zero-order valence-corrected chi connectivity index (χ0v) is 12.2. The van der Waals surface area contributed by atoms with Crippen molar-refractivity contribution in [1.82, 2.24) is 5.32 Å². The molecule has 2 fully saturated rings. The Kier molecular flexibility index (Phi) is 3.04. The molecule has 5 heteroatoms. The maximum atomic E-state index is 13.8. The lowest BCUT2D eigenvalue weighted by atomic mass is 9.68. The molecule has 1 aromatic carbocycles. The Hall–Kier alpha value is -1.10. The third-order valence-electron chi connectivity index (χ3n) is 4.36. The topological polar surface area (TPSA) is 38.3 Å². The van der Waals surface area contributed by atoms with E-state index in [1.807, 2.05) is 0 Å².